The Morgan fingerprint density at radius 2 is 1.95 bits per heavy atom. The highest BCUT2D eigenvalue weighted by Crippen LogP contribution is 2.30. The Labute approximate surface area is 129 Å². The summed E-state index contributed by atoms with van der Waals surface area (Å²) in [7, 11) is 1.47. The highest BCUT2D eigenvalue weighted by Gasteiger charge is 2.13. The minimum Gasteiger partial charge on any atom is -0.504 e. The summed E-state index contributed by atoms with van der Waals surface area (Å²) in [6, 6.07) is 13.9. The number of aromatic hydroxyl groups is 1. The molecule has 0 aliphatic carbocycles. The number of anilines is 1. The Kier molecular flexibility index (Phi) is 5.10. The van der Waals surface area contributed by atoms with Crippen molar-refractivity contribution in [1.82, 2.24) is 0 Å². The van der Waals surface area contributed by atoms with Crippen molar-refractivity contribution in [2.75, 3.05) is 19.0 Å². The van der Waals surface area contributed by atoms with Crippen LogP contribution in [0.2, 0.25) is 0 Å². The van der Waals surface area contributed by atoms with Gasteiger partial charge in [-0.25, -0.2) is 0 Å². The van der Waals surface area contributed by atoms with E-state index < -0.39 is 6.04 Å². The van der Waals surface area contributed by atoms with Gasteiger partial charge in [-0.1, -0.05) is 6.07 Å². The van der Waals surface area contributed by atoms with Gasteiger partial charge < -0.3 is 19.9 Å². The first-order chi connectivity index (χ1) is 10.7. The summed E-state index contributed by atoms with van der Waals surface area (Å²) in [5.74, 6) is 1.17. The Morgan fingerprint density at radius 1 is 1.23 bits per heavy atom. The summed E-state index contributed by atoms with van der Waals surface area (Å²) in [4.78, 5) is 0. The molecule has 0 radical (unpaired) electrons. The van der Waals surface area contributed by atoms with Crippen molar-refractivity contribution in [2.45, 2.75) is 13.0 Å². The molecule has 2 N–H and O–H groups in total. The lowest BCUT2D eigenvalue weighted by molar-refractivity contribution is 0.340. The molecule has 0 spiro atoms. The van der Waals surface area contributed by atoms with Gasteiger partial charge in [0, 0.05) is 5.69 Å². The molecule has 0 amide bonds. The Bertz CT molecular complexity index is 663. The van der Waals surface area contributed by atoms with E-state index in [2.05, 4.69) is 11.4 Å². The van der Waals surface area contributed by atoms with Crippen molar-refractivity contribution in [2.24, 2.45) is 0 Å². The van der Waals surface area contributed by atoms with Gasteiger partial charge in [0.15, 0.2) is 11.5 Å². The Balaban J connectivity index is 2.17. The first-order valence-electron chi connectivity index (χ1n) is 6.93. The average Bonchev–Trinajstić information content (AvgIpc) is 2.55. The average molecular weight is 298 g/mol. The van der Waals surface area contributed by atoms with Gasteiger partial charge in [-0.3, -0.25) is 0 Å². The number of phenols is 1. The van der Waals surface area contributed by atoms with Crippen LogP contribution in [0.3, 0.4) is 0 Å². The van der Waals surface area contributed by atoms with Crippen LogP contribution in [0.1, 0.15) is 18.5 Å². The third-order valence-electron chi connectivity index (χ3n) is 3.14. The monoisotopic (exact) mass is 298 g/mol. The normalized spacial score (nSPS) is 11.3. The summed E-state index contributed by atoms with van der Waals surface area (Å²) >= 11 is 0. The molecule has 0 aromatic heterocycles. The molecule has 1 unspecified atom stereocenters. The van der Waals surface area contributed by atoms with Crippen LogP contribution in [0.15, 0.2) is 42.5 Å². The molecular weight excluding hydrogens is 280 g/mol. The lowest BCUT2D eigenvalue weighted by Gasteiger charge is -2.15. The van der Waals surface area contributed by atoms with Crippen LogP contribution in [0.4, 0.5) is 5.69 Å². The topological polar surface area (TPSA) is 74.5 Å². The van der Waals surface area contributed by atoms with Gasteiger partial charge in [0.25, 0.3) is 0 Å². The zero-order valence-electron chi connectivity index (χ0n) is 12.5. The number of nitrogens with zero attached hydrogens (tertiary/aromatic N) is 1. The molecule has 2 rings (SSSR count). The van der Waals surface area contributed by atoms with Crippen molar-refractivity contribution in [3.8, 4) is 23.3 Å². The highest BCUT2D eigenvalue weighted by molar-refractivity contribution is 5.51. The first kappa shape index (κ1) is 15.5. The standard InChI is InChI=1S/C17H18N2O3/c1-3-22-14-7-5-13(6-8-14)19-15(11-18)12-4-9-16(20)17(10-12)21-2/h4-10,15,19-20H,3H2,1-2H3. The highest BCUT2D eigenvalue weighted by atomic mass is 16.5. The molecule has 0 heterocycles. The van der Waals surface area contributed by atoms with E-state index in [0.29, 0.717) is 17.9 Å². The fraction of sp³-hybridized carbons (Fsp3) is 0.235. The fourth-order valence-electron chi connectivity index (χ4n) is 2.04. The minimum absolute atomic E-state index is 0.0454. The molecule has 22 heavy (non-hydrogen) atoms. The van der Waals surface area contributed by atoms with Crippen LogP contribution in [-0.4, -0.2) is 18.8 Å². The number of rotatable bonds is 6. The number of nitriles is 1. The van der Waals surface area contributed by atoms with Gasteiger partial charge in [-0.2, -0.15) is 5.26 Å². The van der Waals surface area contributed by atoms with Crippen LogP contribution < -0.4 is 14.8 Å². The molecule has 0 fully saturated rings. The summed E-state index contributed by atoms with van der Waals surface area (Å²) in [6.45, 7) is 2.54. The molecule has 2 aromatic carbocycles. The molecule has 0 saturated heterocycles. The van der Waals surface area contributed by atoms with Crippen molar-refractivity contribution in [3.05, 3.63) is 48.0 Å². The Morgan fingerprint density at radius 3 is 2.55 bits per heavy atom. The zero-order chi connectivity index (χ0) is 15.9. The summed E-state index contributed by atoms with van der Waals surface area (Å²) < 4.78 is 10.5. The largest absolute Gasteiger partial charge is 0.504 e. The number of hydrogen-bond acceptors (Lipinski definition) is 5. The lowest BCUT2D eigenvalue weighted by atomic mass is 10.1. The van der Waals surface area contributed by atoms with Crippen molar-refractivity contribution in [1.29, 1.82) is 5.26 Å². The van der Waals surface area contributed by atoms with E-state index in [4.69, 9.17) is 9.47 Å². The SMILES string of the molecule is CCOc1ccc(NC(C#N)c2ccc(O)c(OC)c2)cc1. The van der Waals surface area contributed by atoms with Gasteiger partial charge in [0.05, 0.1) is 19.8 Å². The number of phenolic OH excluding ortho intramolecular Hbond substituents is 1. The van der Waals surface area contributed by atoms with Crippen LogP contribution in [0, 0.1) is 11.3 Å². The molecule has 5 heteroatoms. The maximum atomic E-state index is 9.62. The number of methoxy groups -OCH3 is 1. The number of nitrogens with one attached hydrogen (secondary N) is 1. The predicted octanol–water partition coefficient (Wildman–Crippen LogP) is 3.48. The quantitative estimate of drug-likeness (QED) is 0.854. The molecule has 2 aromatic rings. The predicted molar refractivity (Wildman–Crippen MR) is 84.2 cm³/mol. The van der Waals surface area contributed by atoms with Crippen molar-refractivity contribution < 1.29 is 14.6 Å². The van der Waals surface area contributed by atoms with Crippen LogP contribution in [-0.2, 0) is 0 Å². The molecule has 0 aliphatic rings. The van der Waals surface area contributed by atoms with E-state index in [9.17, 15) is 10.4 Å². The van der Waals surface area contributed by atoms with Crippen molar-refractivity contribution in [3.63, 3.8) is 0 Å². The second-order valence-electron chi connectivity index (χ2n) is 4.60. The first-order valence-corrected chi connectivity index (χ1v) is 6.93. The fourth-order valence-corrected chi connectivity index (χ4v) is 2.04. The van der Waals surface area contributed by atoms with E-state index in [0.717, 1.165) is 11.4 Å². The second kappa shape index (κ2) is 7.23. The summed E-state index contributed by atoms with van der Waals surface area (Å²) in [6.07, 6.45) is 0. The Hall–Kier alpha value is -2.87. The van der Waals surface area contributed by atoms with E-state index in [1.165, 1.54) is 13.2 Å². The molecule has 1 atom stereocenters. The van der Waals surface area contributed by atoms with Gasteiger partial charge >= 0.3 is 0 Å². The number of ether oxygens (including phenoxy) is 2. The van der Waals surface area contributed by atoms with Gasteiger partial charge in [0.2, 0.25) is 0 Å². The van der Waals surface area contributed by atoms with Gasteiger partial charge in [-0.15, -0.1) is 0 Å². The molecular formula is C17H18N2O3. The zero-order valence-corrected chi connectivity index (χ0v) is 12.5. The smallest absolute Gasteiger partial charge is 0.160 e. The molecule has 0 bridgehead atoms. The summed E-state index contributed by atoms with van der Waals surface area (Å²) in [5.41, 5.74) is 1.52. The van der Waals surface area contributed by atoms with Gasteiger partial charge in [0.1, 0.15) is 11.8 Å². The minimum atomic E-state index is -0.549. The number of hydrogen-bond donors (Lipinski definition) is 2. The van der Waals surface area contributed by atoms with Gasteiger partial charge in [-0.05, 0) is 48.9 Å². The van der Waals surface area contributed by atoms with Crippen LogP contribution >= 0.6 is 0 Å². The van der Waals surface area contributed by atoms with Crippen LogP contribution in [0.5, 0.6) is 17.2 Å². The maximum absolute atomic E-state index is 9.62. The number of benzene rings is 2. The summed E-state index contributed by atoms with van der Waals surface area (Å²) in [5, 5.41) is 22.1. The maximum Gasteiger partial charge on any atom is 0.160 e. The second-order valence-corrected chi connectivity index (χ2v) is 4.60. The van der Waals surface area contributed by atoms with Crippen LogP contribution in [0.25, 0.3) is 0 Å². The van der Waals surface area contributed by atoms with E-state index >= 15 is 0 Å². The third-order valence-corrected chi connectivity index (χ3v) is 3.14. The molecule has 114 valence electrons. The molecule has 0 aliphatic heterocycles. The molecule has 0 saturated carbocycles. The van der Waals surface area contributed by atoms with Crippen molar-refractivity contribution >= 4 is 5.69 Å². The van der Waals surface area contributed by atoms with E-state index in [-0.39, 0.29) is 5.75 Å². The van der Waals surface area contributed by atoms with E-state index in [1.54, 1.807) is 12.1 Å². The molecule has 5 nitrogen and oxygen atoms in total. The van der Waals surface area contributed by atoms with E-state index in [1.807, 2.05) is 31.2 Å². The third kappa shape index (κ3) is 3.61. The lowest BCUT2D eigenvalue weighted by Crippen LogP contribution is -2.08.